The number of nitrogens with one attached hydrogen (secondary N) is 3. The lowest BCUT2D eigenvalue weighted by atomic mass is 10.3. The molecule has 9 heteroatoms. The molecule has 0 bridgehead atoms. The van der Waals surface area contributed by atoms with Gasteiger partial charge in [-0.1, -0.05) is 0 Å². The van der Waals surface area contributed by atoms with E-state index in [2.05, 4.69) is 19.7 Å². The first-order chi connectivity index (χ1) is 10.5. The Morgan fingerprint density at radius 2 is 1.91 bits per heavy atom. The van der Waals surface area contributed by atoms with Crippen molar-refractivity contribution in [1.29, 1.82) is 0 Å². The standard InChI is InChI=1S/C13H12N4O4S/c1-21-12-5-2-8(7-14-12)17-22(19,20)9-3-4-10-11(6-9)16-13(18)15-10/h2-7,17H,1H3,(H2,15,16,18). The summed E-state index contributed by atoms with van der Waals surface area (Å²) >= 11 is 0. The van der Waals surface area contributed by atoms with Crippen LogP contribution in [0.15, 0.2) is 46.2 Å². The van der Waals surface area contributed by atoms with Crippen LogP contribution in [0.25, 0.3) is 11.0 Å². The van der Waals surface area contributed by atoms with Crippen molar-refractivity contribution in [2.24, 2.45) is 0 Å². The molecule has 8 nitrogen and oxygen atoms in total. The number of aromatic nitrogens is 3. The first-order valence-corrected chi connectivity index (χ1v) is 7.71. The smallest absolute Gasteiger partial charge is 0.323 e. The zero-order valence-corrected chi connectivity index (χ0v) is 12.3. The summed E-state index contributed by atoms with van der Waals surface area (Å²) in [6.45, 7) is 0. The monoisotopic (exact) mass is 320 g/mol. The van der Waals surface area contributed by atoms with Crippen LogP contribution in [0.2, 0.25) is 0 Å². The molecule has 0 aliphatic carbocycles. The molecular weight excluding hydrogens is 308 g/mol. The molecule has 2 aromatic heterocycles. The number of fused-ring (bicyclic) bond motifs is 1. The van der Waals surface area contributed by atoms with Crippen LogP contribution in [0, 0.1) is 0 Å². The molecule has 0 aliphatic heterocycles. The van der Waals surface area contributed by atoms with Gasteiger partial charge >= 0.3 is 5.69 Å². The number of imidazole rings is 1. The Balaban J connectivity index is 1.94. The number of H-pyrrole nitrogens is 2. The molecule has 0 saturated heterocycles. The Morgan fingerprint density at radius 3 is 2.59 bits per heavy atom. The number of hydrogen-bond acceptors (Lipinski definition) is 5. The number of hydrogen-bond donors (Lipinski definition) is 3. The number of benzene rings is 1. The zero-order valence-electron chi connectivity index (χ0n) is 11.5. The third-order valence-electron chi connectivity index (χ3n) is 3.00. The fourth-order valence-electron chi connectivity index (χ4n) is 1.95. The summed E-state index contributed by atoms with van der Waals surface area (Å²) in [5, 5.41) is 0. The number of methoxy groups -OCH3 is 1. The molecule has 3 aromatic rings. The molecule has 0 radical (unpaired) electrons. The van der Waals surface area contributed by atoms with Crippen molar-refractivity contribution < 1.29 is 13.2 Å². The second-order valence-electron chi connectivity index (χ2n) is 4.48. The number of nitrogens with zero attached hydrogens (tertiary/aromatic N) is 1. The summed E-state index contributed by atoms with van der Waals surface area (Å²) in [6.07, 6.45) is 1.35. The molecule has 0 saturated carbocycles. The lowest BCUT2D eigenvalue weighted by molar-refractivity contribution is 0.398. The van der Waals surface area contributed by atoms with Crippen molar-refractivity contribution in [2.75, 3.05) is 11.8 Å². The summed E-state index contributed by atoms with van der Waals surface area (Å²) < 4.78 is 32.0. The fourth-order valence-corrected chi connectivity index (χ4v) is 3.02. The van der Waals surface area contributed by atoms with E-state index >= 15 is 0 Å². The minimum Gasteiger partial charge on any atom is -0.481 e. The average Bonchev–Trinajstić information content (AvgIpc) is 2.86. The van der Waals surface area contributed by atoms with Crippen LogP contribution in [0.3, 0.4) is 0 Å². The van der Waals surface area contributed by atoms with Gasteiger partial charge in [-0.2, -0.15) is 0 Å². The summed E-state index contributed by atoms with van der Waals surface area (Å²) in [4.78, 5) is 20.2. The Bertz CT molecular complexity index is 973. The molecule has 3 N–H and O–H groups in total. The molecular formula is C13H12N4O4S. The summed E-state index contributed by atoms with van der Waals surface area (Å²) in [6, 6.07) is 7.40. The largest absolute Gasteiger partial charge is 0.481 e. The highest BCUT2D eigenvalue weighted by Gasteiger charge is 2.15. The number of anilines is 1. The quantitative estimate of drug-likeness (QED) is 0.664. The van der Waals surface area contributed by atoms with E-state index in [1.807, 2.05) is 0 Å². The van der Waals surface area contributed by atoms with E-state index in [1.54, 1.807) is 12.1 Å². The fraction of sp³-hybridized carbons (Fsp3) is 0.0769. The molecule has 0 atom stereocenters. The maximum atomic E-state index is 12.3. The highest BCUT2D eigenvalue weighted by Crippen LogP contribution is 2.19. The van der Waals surface area contributed by atoms with Crippen molar-refractivity contribution in [3.05, 3.63) is 47.0 Å². The summed E-state index contributed by atoms with van der Waals surface area (Å²) in [7, 11) is -2.31. The molecule has 0 aliphatic rings. The van der Waals surface area contributed by atoms with Crippen molar-refractivity contribution in [2.45, 2.75) is 4.90 Å². The predicted octanol–water partition coefficient (Wildman–Crippen LogP) is 1.06. The number of sulfonamides is 1. The number of ether oxygens (including phenoxy) is 1. The van der Waals surface area contributed by atoms with Crippen LogP contribution < -0.4 is 15.1 Å². The van der Waals surface area contributed by atoms with Gasteiger partial charge in [0, 0.05) is 6.07 Å². The first kappa shape index (κ1) is 14.1. The van der Waals surface area contributed by atoms with Gasteiger partial charge in [-0.3, -0.25) is 4.72 Å². The molecule has 3 rings (SSSR count). The van der Waals surface area contributed by atoms with Crippen molar-refractivity contribution >= 4 is 26.7 Å². The van der Waals surface area contributed by atoms with Crippen LogP contribution in [0.1, 0.15) is 0 Å². The molecule has 0 unspecified atom stereocenters. The van der Waals surface area contributed by atoms with Crippen LogP contribution in [-0.4, -0.2) is 30.5 Å². The van der Waals surface area contributed by atoms with E-state index < -0.39 is 15.7 Å². The Labute approximate surface area is 125 Å². The van der Waals surface area contributed by atoms with E-state index in [4.69, 9.17) is 4.74 Å². The predicted molar refractivity (Wildman–Crippen MR) is 80.5 cm³/mol. The van der Waals surface area contributed by atoms with E-state index in [-0.39, 0.29) is 4.90 Å². The van der Waals surface area contributed by atoms with E-state index in [1.165, 1.54) is 31.5 Å². The Morgan fingerprint density at radius 1 is 1.14 bits per heavy atom. The summed E-state index contributed by atoms with van der Waals surface area (Å²) in [5.74, 6) is 0.384. The van der Waals surface area contributed by atoms with Gasteiger partial charge in [-0.05, 0) is 24.3 Å². The lowest BCUT2D eigenvalue weighted by Gasteiger charge is -2.08. The van der Waals surface area contributed by atoms with Crippen molar-refractivity contribution in [3.8, 4) is 5.88 Å². The van der Waals surface area contributed by atoms with E-state index in [0.717, 1.165) is 0 Å². The third kappa shape index (κ3) is 2.66. The molecule has 114 valence electrons. The Hall–Kier alpha value is -2.81. The van der Waals surface area contributed by atoms with Gasteiger partial charge < -0.3 is 14.7 Å². The van der Waals surface area contributed by atoms with Crippen LogP contribution in [-0.2, 0) is 10.0 Å². The molecule has 0 amide bonds. The van der Waals surface area contributed by atoms with Gasteiger partial charge in [-0.25, -0.2) is 18.2 Å². The van der Waals surface area contributed by atoms with Gasteiger partial charge in [-0.15, -0.1) is 0 Å². The average molecular weight is 320 g/mol. The third-order valence-corrected chi connectivity index (χ3v) is 4.37. The topological polar surface area (TPSA) is 117 Å². The number of aromatic amines is 2. The van der Waals surface area contributed by atoms with Crippen LogP contribution in [0.5, 0.6) is 5.88 Å². The van der Waals surface area contributed by atoms with Gasteiger partial charge in [0.2, 0.25) is 5.88 Å². The molecule has 1 aromatic carbocycles. The highest BCUT2D eigenvalue weighted by atomic mass is 32.2. The van der Waals surface area contributed by atoms with Gasteiger partial charge in [0.05, 0.1) is 34.9 Å². The Kier molecular flexibility index (Phi) is 3.33. The SMILES string of the molecule is COc1ccc(NS(=O)(=O)c2ccc3[nH]c(=O)[nH]c3c2)cn1. The summed E-state index contributed by atoms with van der Waals surface area (Å²) in [5.41, 5.74) is 0.871. The second kappa shape index (κ2) is 5.19. The highest BCUT2D eigenvalue weighted by molar-refractivity contribution is 7.92. The maximum absolute atomic E-state index is 12.3. The molecule has 2 heterocycles. The van der Waals surface area contributed by atoms with Gasteiger partial charge in [0.25, 0.3) is 10.0 Å². The maximum Gasteiger partial charge on any atom is 0.323 e. The number of pyridine rings is 1. The minimum absolute atomic E-state index is 0.0334. The first-order valence-electron chi connectivity index (χ1n) is 6.23. The second-order valence-corrected chi connectivity index (χ2v) is 6.16. The molecule has 22 heavy (non-hydrogen) atoms. The molecule has 0 fully saturated rings. The van der Waals surface area contributed by atoms with Crippen LogP contribution >= 0.6 is 0 Å². The van der Waals surface area contributed by atoms with Crippen molar-refractivity contribution in [1.82, 2.24) is 15.0 Å². The minimum atomic E-state index is -3.78. The molecule has 0 spiro atoms. The number of rotatable bonds is 4. The zero-order chi connectivity index (χ0) is 15.7. The van der Waals surface area contributed by atoms with Crippen molar-refractivity contribution in [3.63, 3.8) is 0 Å². The normalized spacial score (nSPS) is 11.5. The van der Waals surface area contributed by atoms with Crippen LogP contribution in [0.4, 0.5) is 5.69 Å². The van der Waals surface area contributed by atoms with E-state index in [0.29, 0.717) is 22.6 Å². The van der Waals surface area contributed by atoms with E-state index in [9.17, 15) is 13.2 Å². The lowest BCUT2D eigenvalue weighted by Crippen LogP contribution is -2.13. The van der Waals surface area contributed by atoms with Gasteiger partial charge in [0.15, 0.2) is 0 Å². The van der Waals surface area contributed by atoms with Gasteiger partial charge in [0.1, 0.15) is 0 Å².